The minimum atomic E-state index is 0.280. The number of methoxy groups -OCH3 is 1. The Hall–Kier alpha value is -0.580. The Morgan fingerprint density at radius 1 is 1.40 bits per heavy atom. The summed E-state index contributed by atoms with van der Waals surface area (Å²) in [5.74, 6) is 0.857. The van der Waals surface area contributed by atoms with Gasteiger partial charge in [-0.2, -0.15) is 0 Å². The molecule has 0 bridgehead atoms. The Morgan fingerprint density at radius 2 is 2.07 bits per heavy atom. The summed E-state index contributed by atoms with van der Waals surface area (Å²) in [6.07, 6.45) is 0. The van der Waals surface area contributed by atoms with E-state index in [-0.39, 0.29) is 6.04 Å². The molecule has 1 aromatic rings. The summed E-state index contributed by atoms with van der Waals surface area (Å²) in [5.41, 5.74) is 4.51. The second kappa shape index (κ2) is 5.49. The smallest absolute Gasteiger partial charge is 0.133 e. The number of nitrogens with one attached hydrogen (secondary N) is 1. The normalized spacial score (nSPS) is 12.9. The second-order valence-corrected chi connectivity index (χ2v) is 4.49. The van der Waals surface area contributed by atoms with E-state index < -0.39 is 0 Å². The number of benzene rings is 1. The summed E-state index contributed by atoms with van der Waals surface area (Å²) < 4.78 is 6.16. The van der Waals surface area contributed by atoms with E-state index in [9.17, 15) is 0 Å². The van der Waals surface area contributed by atoms with Gasteiger partial charge in [0.2, 0.25) is 0 Å². The van der Waals surface area contributed by atoms with Gasteiger partial charge in [-0.15, -0.1) is 0 Å². The van der Waals surface area contributed by atoms with E-state index in [4.69, 9.17) is 4.74 Å². The van der Waals surface area contributed by atoms with Crippen molar-refractivity contribution in [3.8, 4) is 5.75 Å². The van der Waals surface area contributed by atoms with Crippen LogP contribution < -0.4 is 10.2 Å². The average Bonchev–Trinajstić information content (AvgIpc) is 2.16. The quantitative estimate of drug-likeness (QED) is 0.853. The molecule has 0 aromatic heterocycles. The Morgan fingerprint density at radius 3 is 2.53 bits per heavy atom. The predicted molar refractivity (Wildman–Crippen MR) is 65.9 cm³/mol. The molecule has 0 aliphatic rings. The number of halogens is 1. The molecule has 1 N–H and O–H groups in total. The van der Waals surface area contributed by atoms with E-state index in [2.05, 4.69) is 40.4 Å². The molecule has 0 radical (unpaired) electrons. The van der Waals surface area contributed by atoms with Gasteiger partial charge in [0.05, 0.1) is 11.6 Å². The second-order valence-electron chi connectivity index (χ2n) is 3.64. The van der Waals surface area contributed by atoms with Gasteiger partial charge in [0.15, 0.2) is 0 Å². The van der Waals surface area contributed by atoms with Crippen molar-refractivity contribution in [1.29, 1.82) is 0 Å². The third kappa shape index (κ3) is 3.48. The Balaban J connectivity index is 2.82. The van der Waals surface area contributed by atoms with Crippen molar-refractivity contribution >= 4 is 15.9 Å². The highest BCUT2D eigenvalue weighted by Gasteiger charge is 2.08. The summed E-state index contributed by atoms with van der Waals surface area (Å²) >= 11 is 3.48. The minimum Gasteiger partial charge on any atom is -0.496 e. The molecule has 84 valence electrons. The van der Waals surface area contributed by atoms with Gasteiger partial charge in [-0.25, -0.2) is 5.43 Å². The summed E-state index contributed by atoms with van der Waals surface area (Å²) in [6, 6.07) is 6.38. The molecule has 0 aliphatic carbocycles. The van der Waals surface area contributed by atoms with E-state index >= 15 is 0 Å². The first-order valence-corrected chi connectivity index (χ1v) is 5.61. The molecular formula is C11H17BrN2O. The molecule has 0 amide bonds. The van der Waals surface area contributed by atoms with E-state index in [1.54, 1.807) is 7.11 Å². The molecule has 0 saturated carbocycles. The topological polar surface area (TPSA) is 24.5 Å². The van der Waals surface area contributed by atoms with Crippen LogP contribution in [0.5, 0.6) is 5.75 Å². The van der Waals surface area contributed by atoms with Gasteiger partial charge in [-0.1, -0.05) is 6.07 Å². The highest BCUT2D eigenvalue weighted by atomic mass is 79.9. The largest absolute Gasteiger partial charge is 0.496 e. The van der Waals surface area contributed by atoms with E-state index in [1.165, 1.54) is 5.56 Å². The fraction of sp³-hybridized carbons (Fsp3) is 0.455. The number of rotatable bonds is 4. The molecule has 1 aromatic carbocycles. The molecule has 1 rings (SSSR count). The lowest BCUT2D eigenvalue weighted by Gasteiger charge is -2.20. The van der Waals surface area contributed by atoms with E-state index in [0.717, 1.165) is 10.2 Å². The highest BCUT2D eigenvalue weighted by molar-refractivity contribution is 9.10. The molecular weight excluding hydrogens is 256 g/mol. The number of hydrazine groups is 1. The molecule has 3 nitrogen and oxygen atoms in total. The first kappa shape index (κ1) is 12.5. The van der Waals surface area contributed by atoms with Gasteiger partial charge >= 0.3 is 0 Å². The Kier molecular flexibility index (Phi) is 4.57. The molecule has 4 heteroatoms. The fourth-order valence-corrected chi connectivity index (χ4v) is 1.97. The lowest BCUT2D eigenvalue weighted by molar-refractivity contribution is 0.252. The molecule has 1 unspecified atom stereocenters. The zero-order chi connectivity index (χ0) is 11.4. The van der Waals surface area contributed by atoms with Crippen LogP contribution in [-0.2, 0) is 0 Å². The molecule has 0 heterocycles. The summed E-state index contributed by atoms with van der Waals surface area (Å²) in [6.45, 7) is 2.12. The molecule has 0 aliphatic heterocycles. The van der Waals surface area contributed by atoms with Crippen LogP contribution >= 0.6 is 15.9 Å². The van der Waals surface area contributed by atoms with Crippen LogP contribution in [0.4, 0.5) is 0 Å². The van der Waals surface area contributed by atoms with E-state index in [1.807, 2.05) is 25.2 Å². The van der Waals surface area contributed by atoms with Gasteiger partial charge in [-0.3, -0.25) is 5.01 Å². The number of hydrogen-bond donors (Lipinski definition) is 1. The molecule has 0 spiro atoms. The first-order chi connectivity index (χ1) is 7.04. The molecule has 15 heavy (non-hydrogen) atoms. The van der Waals surface area contributed by atoms with Crippen LogP contribution in [-0.4, -0.2) is 26.2 Å². The lowest BCUT2D eigenvalue weighted by atomic mass is 10.1. The maximum atomic E-state index is 5.18. The summed E-state index contributed by atoms with van der Waals surface area (Å²) in [5, 5.41) is 1.95. The van der Waals surface area contributed by atoms with Crippen molar-refractivity contribution in [2.45, 2.75) is 13.0 Å². The zero-order valence-electron chi connectivity index (χ0n) is 9.54. The van der Waals surface area contributed by atoms with Crippen molar-refractivity contribution in [1.82, 2.24) is 10.4 Å². The van der Waals surface area contributed by atoms with Crippen molar-refractivity contribution in [3.05, 3.63) is 28.2 Å². The van der Waals surface area contributed by atoms with Gasteiger partial charge in [0.1, 0.15) is 5.75 Å². The van der Waals surface area contributed by atoms with Crippen molar-refractivity contribution < 1.29 is 4.74 Å². The standard InChI is InChI=1S/C11H17BrN2O/c1-8(13-14(2)3)9-5-6-11(15-4)10(12)7-9/h5-8,13H,1-4H3. The van der Waals surface area contributed by atoms with Gasteiger partial charge in [0.25, 0.3) is 0 Å². The van der Waals surface area contributed by atoms with E-state index in [0.29, 0.717) is 0 Å². The SMILES string of the molecule is COc1ccc(C(C)NN(C)C)cc1Br. The van der Waals surface area contributed by atoms with Gasteiger partial charge in [-0.05, 0) is 40.5 Å². The highest BCUT2D eigenvalue weighted by Crippen LogP contribution is 2.27. The zero-order valence-corrected chi connectivity index (χ0v) is 11.1. The lowest BCUT2D eigenvalue weighted by Crippen LogP contribution is -2.32. The maximum Gasteiger partial charge on any atom is 0.133 e. The number of hydrogen-bond acceptors (Lipinski definition) is 3. The predicted octanol–water partition coefficient (Wildman–Crippen LogP) is 2.58. The molecule has 0 saturated heterocycles. The third-order valence-electron chi connectivity index (χ3n) is 2.13. The molecule has 1 atom stereocenters. The summed E-state index contributed by atoms with van der Waals surface area (Å²) in [4.78, 5) is 0. The van der Waals surface area contributed by atoms with Gasteiger partial charge < -0.3 is 4.74 Å². The van der Waals surface area contributed by atoms with Crippen molar-refractivity contribution in [2.75, 3.05) is 21.2 Å². The Labute approximate surface area is 99.5 Å². The summed E-state index contributed by atoms with van der Waals surface area (Å²) in [7, 11) is 5.63. The van der Waals surface area contributed by atoms with Crippen LogP contribution in [0, 0.1) is 0 Å². The monoisotopic (exact) mass is 272 g/mol. The van der Waals surface area contributed by atoms with Crippen LogP contribution in [0.25, 0.3) is 0 Å². The van der Waals surface area contributed by atoms with Crippen molar-refractivity contribution in [3.63, 3.8) is 0 Å². The average molecular weight is 273 g/mol. The first-order valence-electron chi connectivity index (χ1n) is 4.81. The minimum absolute atomic E-state index is 0.280. The Bertz CT molecular complexity index is 328. The van der Waals surface area contributed by atoms with Gasteiger partial charge in [0, 0.05) is 20.1 Å². The van der Waals surface area contributed by atoms with Crippen LogP contribution in [0.3, 0.4) is 0 Å². The maximum absolute atomic E-state index is 5.18. The number of ether oxygens (including phenoxy) is 1. The van der Waals surface area contributed by atoms with Crippen LogP contribution in [0.1, 0.15) is 18.5 Å². The molecule has 0 fully saturated rings. The third-order valence-corrected chi connectivity index (χ3v) is 2.75. The van der Waals surface area contributed by atoms with Crippen LogP contribution in [0.15, 0.2) is 22.7 Å². The number of nitrogens with zero attached hydrogens (tertiary/aromatic N) is 1. The fourth-order valence-electron chi connectivity index (χ4n) is 1.41. The van der Waals surface area contributed by atoms with Crippen molar-refractivity contribution in [2.24, 2.45) is 0 Å². The van der Waals surface area contributed by atoms with Crippen LogP contribution in [0.2, 0.25) is 0 Å².